The highest BCUT2D eigenvalue weighted by atomic mass is 16.5. The highest BCUT2D eigenvalue weighted by molar-refractivity contribution is 4.89. The second-order valence-corrected chi connectivity index (χ2v) is 6.74. The zero-order chi connectivity index (χ0) is 13.7. The van der Waals surface area contributed by atoms with Crippen molar-refractivity contribution < 1.29 is 9.47 Å². The van der Waals surface area contributed by atoms with E-state index < -0.39 is 0 Å². The third kappa shape index (κ3) is 4.71. The van der Waals surface area contributed by atoms with Crippen molar-refractivity contribution in [2.24, 2.45) is 11.3 Å². The average molecular weight is 270 g/mol. The fourth-order valence-corrected chi connectivity index (χ4v) is 3.10. The zero-order valence-electron chi connectivity index (χ0n) is 12.8. The molecule has 0 aromatic carbocycles. The van der Waals surface area contributed by atoms with E-state index in [1.54, 1.807) is 0 Å². The molecule has 0 radical (unpaired) electrons. The van der Waals surface area contributed by atoms with Gasteiger partial charge in [0.05, 0.1) is 19.3 Å². The van der Waals surface area contributed by atoms with E-state index in [4.69, 9.17) is 9.47 Å². The van der Waals surface area contributed by atoms with Gasteiger partial charge in [0.1, 0.15) is 0 Å². The van der Waals surface area contributed by atoms with E-state index in [9.17, 15) is 0 Å². The summed E-state index contributed by atoms with van der Waals surface area (Å²) in [5, 5.41) is 3.63. The molecule has 0 aliphatic carbocycles. The molecule has 0 bridgehead atoms. The third-order valence-electron chi connectivity index (χ3n) is 4.12. The van der Waals surface area contributed by atoms with Crippen LogP contribution in [-0.4, -0.2) is 63.5 Å². The molecule has 19 heavy (non-hydrogen) atoms. The van der Waals surface area contributed by atoms with E-state index in [1.165, 1.54) is 6.42 Å². The Morgan fingerprint density at radius 2 is 2.21 bits per heavy atom. The lowest BCUT2D eigenvalue weighted by Gasteiger charge is -2.38. The van der Waals surface area contributed by atoms with Crippen molar-refractivity contribution in [2.75, 3.05) is 52.5 Å². The number of ether oxygens (including phenoxy) is 2. The van der Waals surface area contributed by atoms with E-state index in [1.807, 2.05) is 0 Å². The summed E-state index contributed by atoms with van der Waals surface area (Å²) in [6.07, 6.45) is 1.56. The summed E-state index contributed by atoms with van der Waals surface area (Å²) < 4.78 is 11.3. The molecule has 0 aromatic rings. The molecule has 4 nitrogen and oxygen atoms in total. The maximum absolute atomic E-state index is 5.69. The molecule has 2 heterocycles. The molecule has 0 amide bonds. The SMILES string of the molecule is CC(C)CNCC1(CN2CCOC(C)C2)CCOC1. The van der Waals surface area contributed by atoms with Crippen LogP contribution in [0.25, 0.3) is 0 Å². The molecule has 2 aliphatic heterocycles. The first kappa shape index (κ1) is 15.2. The van der Waals surface area contributed by atoms with Crippen molar-refractivity contribution >= 4 is 0 Å². The van der Waals surface area contributed by atoms with Gasteiger partial charge >= 0.3 is 0 Å². The first-order valence-electron chi connectivity index (χ1n) is 7.72. The number of nitrogens with one attached hydrogen (secondary N) is 1. The molecule has 4 heteroatoms. The minimum atomic E-state index is 0.311. The molecule has 2 saturated heterocycles. The molecule has 1 N–H and O–H groups in total. The topological polar surface area (TPSA) is 33.7 Å². The predicted molar refractivity (Wildman–Crippen MR) is 77.4 cm³/mol. The van der Waals surface area contributed by atoms with E-state index in [0.29, 0.717) is 17.4 Å². The second-order valence-electron chi connectivity index (χ2n) is 6.74. The normalized spacial score (nSPS) is 33.2. The van der Waals surface area contributed by atoms with Gasteiger partial charge < -0.3 is 14.8 Å². The van der Waals surface area contributed by atoms with Gasteiger partial charge in [-0.1, -0.05) is 13.8 Å². The molecule has 2 rings (SSSR count). The van der Waals surface area contributed by atoms with Crippen LogP contribution < -0.4 is 5.32 Å². The maximum Gasteiger partial charge on any atom is 0.0674 e. The molecule has 0 aromatic heterocycles. The van der Waals surface area contributed by atoms with Gasteiger partial charge in [-0.3, -0.25) is 4.90 Å². The first-order valence-corrected chi connectivity index (χ1v) is 7.72. The largest absolute Gasteiger partial charge is 0.381 e. The first-order chi connectivity index (χ1) is 9.10. The number of hydrogen-bond donors (Lipinski definition) is 1. The second kappa shape index (κ2) is 7.02. The van der Waals surface area contributed by atoms with Gasteiger partial charge in [0.25, 0.3) is 0 Å². The molecule has 112 valence electrons. The Bertz CT molecular complexity index is 265. The van der Waals surface area contributed by atoms with Gasteiger partial charge in [-0.25, -0.2) is 0 Å². The molecule has 2 unspecified atom stereocenters. The van der Waals surface area contributed by atoms with E-state index in [-0.39, 0.29) is 0 Å². The summed E-state index contributed by atoms with van der Waals surface area (Å²) in [5.74, 6) is 0.711. The van der Waals surface area contributed by atoms with Crippen molar-refractivity contribution in [3.63, 3.8) is 0 Å². The van der Waals surface area contributed by atoms with Crippen LogP contribution >= 0.6 is 0 Å². The van der Waals surface area contributed by atoms with Crippen LogP contribution in [0.1, 0.15) is 27.2 Å². The highest BCUT2D eigenvalue weighted by Crippen LogP contribution is 2.29. The number of morpholine rings is 1. The fraction of sp³-hybridized carbons (Fsp3) is 1.00. The van der Waals surface area contributed by atoms with Crippen molar-refractivity contribution in [2.45, 2.75) is 33.3 Å². The van der Waals surface area contributed by atoms with Gasteiger partial charge in [-0.15, -0.1) is 0 Å². The van der Waals surface area contributed by atoms with Gasteiger partial charge in [0.2, 0.25) is 0 Å². The number of rotatable bonds is 6. The van der Waals surface area contributed by atoms with Gasteiger partial charge in [0.15, 0.2) is 0 Å². The van der Waals surface area contributed by atoms with Gasteiger partial charge in [0, 0.05) is 38.2 Å². The van der Waals surface area contributed by atoms with Crippen molar-refractivity contribution in [3.8, 4) is 0 Å². The Balaban J connectivity index is 1.84. The Morgan fingerprint density at radius 1 is 1.37 bits per heavy atom. The lowest BCUT2D eigenvalue weighted by atomic mass is 9.86. The van der Waals surface area contributed by atoms with Gasteiger partial charge in [-0.2, -0.15) is 0 Å². The minimum absolute atomic E-state index is 0.311. The average Bonchev–Trinajstić information content (AvgIpc) is 2.77. The molecular formula is C15H30N2O2. The molecule has 0 spiro atoms. The fourth-order valence-electron chi connectivity index (χ4n) is 3.10. The molecule has 2 atom stereocenters. The lowest BCUT2D eigenvalue weighted by molar-refractivity contribution is -0.0333. The van der Waals surface area contributed by atoms with Crippen LogP contribution in [0.5, 0.6) is 0 Å². The van der Waals surface area contributed by atoms with Crippen molar-refractivity contribution in [1.29, 1.82) is 0 Å². The number of nitrogens with zero attached hydrogens (tertiary/aromatic N) is 1. The van der Waals surface area contributed by atoms with Crippen molar-refractivity contribution in [3.05, 3.63) is 0 Å². The molecule has 2 fully saturated rings. The summed E-state index contributed by atoms with van der Waals surface area (Å²) in [5.41, 5.74) is 0.311. The Morgan fingerprint density at radius 3 is 2.84 bits per heavy atom. The number of hydrogen-bond acceptors (Lipinski definition) is 4. The summed E-state index contributed by atoms with van der Waals surface area (Å²) in [7, 11) is 0. The summed E-state index contributed by atoms with van der Waals surface area (Å²) in [4.78, 5) is 2.56. The molecule has 0 saturated carbocycles. The molecule has 2 aliphatic rings. The van der Waals surface area contributed by atoms with Crippen LogP contribution in [0.4, 0.5) is 0 Å². The Hall–Kier alpha value is -0.160. The van der Waals surface area contributed by atoms with Crippen molar-refractivity contribution in [1.82, 2.24) is 10.2 Å². The Kier molecular flexibility index (Phi) is 5.63. The van der Waals surface area contributed by atoms with E-state index in [0.717, 1.165) is 52.5 Å². The predicted octanol–water partition coefficient (Wildman–Crippen LogP) is 1.36. The smallest absolute Gasteiger partial charge is 0.0674 e. The summed E-state index contributed by atoms with van der Waals surface area (Å²) in [6.45, 7) is 14.8. The van der Waals surface area contributed by atoms with Crippen LogP contribution in [0.2, 0.25) is 0 Å². The lowest BCUT2D eigenvalue weighted by Crippen LogP contribution is -2.50. The highest BCUT2D eigenvalue weighted by Gasteiger charge is 2.37. The van der Waals surface area contributed by atoms with Crippen LogP contribution in [0, 0.1) is 11.3 Å². The standard InChI is InChI=1S/C15H30N2O2/c1-13(2)8-16-10-15(4-6-18-12-15)11-17-5-7-19-14(3)9-17/h13-14,16H,4-12H2,1-3H3. The van der Waals surface area contributed by atoms with Crippen LogP contribution in [0.15, 0.2) is 0 Å². The Labute approximate surface area is 117 Å². The summed E-state index contributed by atoms with van der Waals surface area (Å²) >= 11 is 0. The van der Waals surface area contributed by atoms with Gasteiger partial charge in [-0.05, 0) is 25.8 Å². The third-order valence-corrected chi connectivity index (χ3v) is 4.12. The maximum atomic E-state index is 5.69. The van der Waals surface area contributed by atoms with Crippen LogP contribution in [-0.2, 0) is 9.47 Å². The zero-order valence-corrected chi connectivity index (χ0v) is 12.8. The summed E-state index contributed by atoms with van der Waals surface area (Å²) in [6, 6.07) is 0. The van der Waals surface area contributed by atoms with E-state index >= 15 is 0 Å². The minimum Gasteiger partial charge on any atom is -0.381 e. The monoisotopic (exact) mass is 270 g/mol. The van der Waals surface area contributed by atoms with E-state index in [2.05, 4.69) is 31.0 Å². The molecular weight excluding hydrogens is 240 g/mol. The van der Waals surface area contributed by atoms with Crippen LogP contribution in [0.3, 0.4) is 0 Å². The quantitative estimate of drug-likeness (QED) is 0.790.